The van der Waals surface area contributed by atoms with Gasteiger partial charge in [-0.1, -0.05) is 55.2 Å². The Morgan fingerprint density at radius 1 is 1.17 bits per heavy atom. The predicted octanol–water partition coefficient (Wildman–Crippen LogP) is 2.24. The lowest BCUT2D eigenvalue weighted by Crippen LogP contribution is -2.31. The molecule has 0 aliphatic heterocycles. The fourth-order valence-electron chi connectivity index (χ4n) is 1.60. The van der Waals surface area contributed by atoms with Crippen LogP contribution in [-0.4, -0.2) is 55.9 Å². The van der Waals surface area contributed by atoms with Crippen molar-refractivity contribution in [2.24, 2.45) is 0 Å². The van der Waals surface area contributed by atoms with Crippen molar-refractivity contribution >= 4 is 27.5 Å². The fraction of sp³-hybridized carbons (Fsp3) is 0.824. The molecule has 1 unspecified atom stereocenters. The standard InChI is InChI=1S/C17H33N3O2S2/c1-5-7-8-9-19-16(21)14-22-12-10-20-17(6-2)24-23-13-11-18-15(3)4/h15,17-18,20H,5-6,9-14H2,1-4H3,(H,19,21). The van der Waals surface area contributed by atoms with E-state index < -0.39 is 0 Å². The summed E-state index contributed by atoms with van der Waals surface area (Å²) >= 11 is 0. The van der Waals surface area contributed by atoms with Crippen molar-refractivity contribution in [1.82, 2.24) is 16.0 Å². The summed E-state index contributed by atoms with van der Waals surface area (Å²) in [6.45, 7) is 11.3. The van der Waals surface area contributed by atoms with Crippen molar-refractivity contribution in [3.63, 3.8) is 0 Å². The van der Waals surface area contributed by atoms with Crippen molar-refractivity contribution in [1.29, 1.82) is 0 Å². The van der Waals surface area contributed by atoms with Gasteiger partial charge in [-0.3, -0.25) is 4.79 Å². The zero-order chi connectivity index (χ0) is 18.0. The minimum Gasteiger partial charge on any atom is -0.370 e. The van der Waals surface area contributed by atoms with Crippen LogP contribution in [0.15, 0.2) is 0 Å². The first-order valence-electron chi connectivity index (χ1n) is 8.65. The molecule has 0 saturated carbocycles. The van der Waals surface area contributed by atoms with Crippen molar-refractivity contribution in [2.75, 3.05) is 38.6 Å². The molecule has 0 aromatic carbocycles. The first kappa shape index (κ1) is 23.6. The Morgan fingerprint density at radius 2 is 1.96 bits per heavy atom. The van der Waals surface area contributed by atoms with Crippen molar-refractivity contribution in [3.05, 3.63) is 0 Å². The quantitative estimate of drug-likeness (QED) is 0.187. The van der Waals surface area contributed by atoms with Gasteiger partial charge in [-0.05, 0) is 6.42 Å². The molecule has 0 rings (SSSR count). The summed E-state index contributed by atoms with van der Waals surface area (Å²) in [5.74, 6) is 6.75. The minimum absolute atomic E-state index is 0.0923. The second-order valence-corrected chi connectivity index (χ2v) is 8.10. The molecule has 1 atom stereocenters. The van der Waals surface area contributed by atoms with E-state index in [1.807, 2.05) is 28.5 Å². The molecule has 0 spiro atoms. The topological polar surface area (TPSA) is 62.4 Å². The lowest BCUT2D eigenvalue weighted by Gasteiger charge is -2.16. The molecule has 0 aromatic heterocycles. The van der Waals surface area contributed by atoms with Crippen LogP contribution in [0.5, 0.6) is 0 Å². The second kappa shape index (κ2) is 17.4. The molecule has 0 bridgehead atoms. The molecule has 0 aromatic rings. The highest BCUT2D eigenvalue weighted by atomic mass is 33.1. The second-order valence-electron chi connectivity index (χ2n) is 5.41. The number of nitrogens with one attached hydrogen (secondary N) is 3. The lowest BCUT2D eigenvalue weighted by molar-refractivity contribution is -0.125. The lowest BCUT2D eigenvalue weighted by atomic mass is 10.4. The van der Waals surface area contributed by atoms with Gasteiger partial charge in [-0.2, -0.15) is 0 Å². The molecule has 0 aliphatic rings. The molecule has 0 heterocycles. The molecule has 140 valence electrons. The molecule has 0 saturated heterocycles. The zero-order valence-electron chi connectivity index (χ0n) is 15.4. The Balaban J connectivity index is 3.53. The van der Waals surface area contributed by atoms with Crippen molar-refractivity contribution in [2.45, 2.75) is 52.0 Å². The summed E-state index contributed by atoms with van der Waals surface area (Å²) in [6.07, 6.45) is 1.87. The molecule has 0 fully saturated rings. The van der Waals surface area contributed by atoms with E-state index in [0.717, 1.165) is 31.7 Å². The van der Waals surface area contributed by atoms with Gasteiger partial charge in [0.25, 0.3) is 0 Å². The average molecular weight is 376 g/mol. The van der Waals surface area contributed by atoms with E-state index in [0.29, 0.717) is 24.6 Å². The monoisotopic (exact) mass is 375 g/mol. The first-order valence-corrected chi connectivity index (χ1v) is 11.0. The highest BCUT2D eigenvalue weighted by Crippen LogP contribution is 2.26. The van der Waals surface area contributed by atoms with Crippen LogP contribution in [0.4, 0.5) is 0 Å². The number of amides is 1. The smallest absolute Gasteiger partial charge is 0.246 e. The van der Waals surface area contributed by atoms with Crippen LogP contribution >= 0.6 is 21.6 Å². The summed E-state index contributed by atoms with van der Waals surface area (Å²) in [7, 11) is 3.75. The molecule has 0 radical (unpaired) electrons. The van der Waals surface area contributed by atoms with Crippen LogP contribution in [0.1, 0.15) is 40.5 Å². The zero-order valence-corrected chi connectivity index (χ0v) is 17.1. The third-order valence-electron chi connectivity index (χ3n) is 2.82. The summed E-state index contributed by atoms with van der Waals surface area (Å²) in [5, 5.41) is 9.97. The molecule has 0 aliphatic carbocycles. The maximum absolute atomic E-state index is 11.5. The van der Waals surface area contributed by atoms with Crippen LogP contribution in [0.2, 0.25) is 0 Å². The molecule has 1 amide bonds. The Hall–Kier alpha value is -0.390. The van der Waals surface area contributed by atoms with Crippen LogP contribution < -0.4 is 16.0 Å². The molecule has 7 heteroatoms. The fourth-order valence-corrected chi connectivity index (χ4v) is 4.03. The summed E-state index contributed by atoms with van der Waals surface area (Å²) in [5.41, 5.74) is 0. The summed E-state index contributed by atoms with van der Waals surface area (Å²) in [6, 6.07) is 0.545. The number of carbonyl (C=O) groups is 1. The molecular weight excluding hydrogens is 342 g/mol. The van der Waals surface area contributed by atoms with Gasteiger partial charge >= 0.3 is 0 Å². The van der Waals surface area contributed by atoms with Gasteiger partial charge in [0.05, 0.1) is 18.5 Å². The third-order valence-corrected chi connectivity index (χ3v) is 5.66. The number of rotatable bonds is 14. The normalized spacial score (nSPS) is 11.9. The highest BCUT2D eigenvalue weighted by Gasteiger charge is 2.06. The van der Waals surface area contributed by atoms with E-state index in [4.69, 9.17) is 4.74 Å². The van der Waals surface area contributed by atoms with Crippen molar-refractivity contribution < 1.29 is 9.53 Å². The van der Waals surface area contributed by atoms with Crippen LogP contribution in [0, 0.1) is 11.8 Å². The number of hydrogen-bond donors (Lipinski definition) is 3. The number of hydrogen-bond acceptors (Lipinski definition) is 6. The van der Waals surface area contributed by atoms with Gasteiger partial charge in [-0.25, -0.2) is 0 Å². The van der Waals surface area contributed by atoms with E-state index in [2.05, 4.69) is 48.6 Å². The van der Waals surface area contributed by atoms with Gasteiger partial charge in [0.1, 0.15) is 6.61 Å². The molecule has 5 nitrogen and oxygen atoms in total. The van der Waals surface area contributed by atoms with E-state index in [1.165, 1.54) is 0 Å². The van der Waals surface area contributed by atoms with E-state index in [-0.39, 0.29) is 12.5 Å². The van der Waals surface area contributed by atoms with Crippen molar-refractivity contribution in [3.8, 4) is 11.8 Å². The molecule has 3 N–H and O–H groups in total. The number of carbonyl (C=O) groups excluding carboxylic acids is 1. The van der Waals surface area contributed by atoms with E-state index in [9.17, 15) is 4.79 Å². The highest BCUT2D eigenvalue weighted by molar-refractivity contribution is 8.76. The predicted molar refractivity (Wildman–Crippen MR) is 107 cm³/mol. The Morgan fingerprint density at radius 3 is 2.62 bits per heavy atom. The van der Waals surface area contributed by atoms with Crippen LogP contribution in [0.25, 0.3) is 0 Å². The summed E-state index contributed by atoms with van der Waals surface area (Å²) < 4.78 is 5.37. The minimum atomic E-state index is -0.116. The van der Waals surface area contributed by atoms with Gasteiger partial charge in [0, 0.05) is 31.3 Å². The number of ether oxygens (including phenoxy) is 1. The Bertz CT molecular complexity index is 371. The van der Waals surface area contributed by atoms with Gasteiger partial charge < -0.3 is 20.7 Å². The average Bonchev–Trinajstić information content (AvgIpc) is 2.56. The largest absolute Gasteiger partial charge is 0.370 e. The Kier molecular flexibility index (Phi) is 17.2. The molecular formula is C17H33N3O2S2. The molecule has 24 heavy (non-hydrogen) atoms. The van der Waals surface area contributed by atoms with Crippen LogP contribution in [0.3, 0.4) is 0 Å². The van der Waals surface area contributed by atoms with Gasteiger partial charge in [0.15, 0.2) is 0 Å². The maximum atomic E-state index is 11.5. The van der Waals surface area contributed by atoms with E-state index >= 15 is 0 Å². The van der Waals surface area contributed by atoms with Gasteiger partial charge in [-0.15, -0.1) is 5.92 Å². The van der Waals surface area contributed by atoms with E-state index in [1.54, 1.807) is 0 Å². The maximum Gasteiger partial charge on any atom is 0.246 e. The summed E-state index contributed by atoms with van der Waals surface area (Å²) in [4.78, 5) is 11.5. The Labute approximate surface area is 155 Å². The SMILES string of the molecule is CCC#CCNC(=O)COCCNC(CC)SSCCNC(C)C. The van der Waals surface area contributed by atoms with Gasteiger partial charge in [0.2, 0.25) is 5.91 Å². The first-order chi connectivity index (χ1) is 11.6. The third kappa shape index (κ3) is 16.5. The van der Waals surface area contributed by atoms with Crippen LogP contribution in [-0.2, 0) is 9.53 Å².